The van der Waals surface area contributed by atoms with Crippen LogP contribution in [-0.2, 0) is 70.5 Å². The van der Waals surface area contributed by atoms with Crippen molar-refractivity contribution < 1.29 is 74.9 Å². The summed E-state index contributed by atoms with van der Waals surface area (Å²) >= 11 is 1.52. The third-order valence-electron chi connectivity index (χ3n) is 10.2. The second-order valence-corrected chi connectivity index (χ2v) is 18.5. The lowest BCUT2D eigenvalue weighted by Crippen LogP contribution is -2.53. The van der Waals surface area contributed by atoms with Crippen molar-refractivity contribution in [2.24, 2.45) is 11.8 Å². The van der Waals surface area contributed by atoms with Gasteiger partial charge in [-0.15, -0.1) is 11.3 Å². The third-order valence-corrected chi connectivity index (χ3v) is 12.8. The van der Waals surface area contributed by atoms with Crippen LogP contribution in [0.1, 0.15) is 43.5 Å². The van der Waals surface area contributed by atoms with E-state index in [1.165, 1.54) is 33.8 Å². The third kappa shape index (κ3) is 14.4. The van der Waals surface area contributed by atoms with Gasteiger partial charge in [0.1, 0.15) is 31.2 Å². The molecule has 0 saturated carbocycles. The first-order valence-electron chi connectivity index (χ1n) is 21.2. The summed E-state index contributed by atoms with van der Waals surface area (Å²) in [5.41, 5.74) is 1.47. The normalized spacial score (nSPS) is 18.8. The number of thiazole rings is 1. The number of hydrogen-bond acceptors (Lipinski definition) is 18. The molecule has 6 rings (SSSR count). The molecule has 2 aromatic carbocycles. The molecule has 1 aromatic heterocycles. The number of amides is 1. The standard InChI is InChI=1S/C43H57N3O16S2/c1-5-52-14-15-53-16-17-54-24-40(47)57-25-41(48)61-38(21-46(20-28(2)3)64(50,51)33-10-11-36-37(19-33)60-27-59-36)35(45-43(49)62-39-23-58-42-34(39)12-13-55-42)18-30-6-8-32(9-7-30)56-22-31-26-63-29(4)44-31/h6-11,19,26,28,34-35,38-39,42H,5,12-18,20-25,27H2,1-4H3,(H,45,49)/t34-,35-,38+,39-,42+/m0/s1. The van der Waals surface area contributed by atoms with Crippen molar-refractivity contribution >= 4 is 39.4 Å². The van der Waals surface area contributed by atoms with Crippen LogP contribution < -0.4 is 19.5 Å². The topological polar surface area (TPSA) is 215 Å². The predicted octanol–water partition coefficient (Wildman–Crippen LogP) is 4.03. The van der Waals surface area contributed by atoms with Crippen molar-refractivity contribution in [1.82, 2.24) is 14.6 Å². The minimum atomic E-state index is -4.30. The Morgan fingerprint density at radius 1 is 0.938 bits per heavy atom. The molecule has 1 N–H and O–H groups in total. The van der Waals surface area contributed by atoms with Gasteiger partial charge in [0.15, 0.2) is 24.4 Å². The molecular weight excluding hydrogens is 879 g/mol. The van der Waals surface area contributed by atoms with Gasteiger partial charge in [0, 0.05) is 24.6 Å². The molecule has 0 bridgehead atoms. The predicted molar refractivity (Wildman–Crippen MR) is 227 cm³/mol. The van der Waals surface area contributed by atoms with E-state index in [0.29, 0.717) is 49.9 Å². The van der Waals surface area contributed by atoms with E-state index in [2.05, 4.69) is 10.3 Å². The van der Waals surface area contributed by atoms with Gasteiger partial charge in [0.2, 0.25) is 16.8 Å². The highest BCUT2D eigenvalue weighted by Gasteiger charge is 2.44. The maximum atomic E-state index is 14.5. The Hall–Kier alpha value is -4.61. The lowest BCUT2D eigenvalue weighted by molar-refractivity contribution is -0.166. The molecule has 0 unspecified atom stereocenters. The summed E-state index contributed by atoms with van der Waals surface area (Å²) < 4.78 is 91.3. The molecule has 0 spiro atoms. The number of sulfonamides is 1. The minimum Gasteiger partial charge on any atom is -0.487 e. The van der Waals surface area contributed by atoms with E-state index < -0.39 is 72.4 Å². The van der Waals surface area contributed by atoms with Crippen molar-refractivity contribution in [3.8, 4) is 17.2 Å². The van der Waals surface area contributed by atoms with Crippen molar-refractivity contribution in [2.75, 3.05) is 79.3 Å². The summed E-state index contributed by atoms with van der Waals surface area (Å²) in [5.74, 6) is -0.986. The Morgan fingerprint density at radius 2 is 1.70 bits per heavy atom. The minimum absolute atomic E-state index is 0.00329. The first-order chi connectivity index (χ1) is 30.9. The monoisotopic (exact) mass is 935 g/mol. The van der Waals surface area contributed by atoms with Gasteiger partial charge in [-0.1, -0.05) is 26.0 Å². The van der Waals surface area contributed by atoms with Gasteiger partial charge in [-0.25, -0.2) is 27.8 Å². The Morgan fingerprint density at radius 3 is 2.45 bits per heavy atom. The van der Waals surface area contributed by atoms with Gasteiger partial charge >= 0.3 is 18.0 Å². The first-order valence-corrected chi connectivity index (χ1v) is 23.5. The van der Waals surface area contributed by atoms with Gasteiger partial charge in [0.05, 0.1) is 73.7 Å². The molecule has 1 amide bonds. The fraction of sp³-hybridized carbons (Fsp3) is 0.581. The molecule has 3 aliphatic heterocycles. The zero-order valence-electron chi connectivity index (χ0n) is 36.4. The largest absolute Gasteiger partial charge is 0.487 e. The molecule has 352 valence electrons. The lowest BCUT2D eigenvalue weighted by atomic mass is 10.0. The van der Waals surface area contributed by atoms with E-state index in [1.807, 2.05) is 33.1 Å². The number of hydrogen-bond donors (Lipinski definition) is 1. The molecule has 3 aromatic rings. The number of benzene rings is 2. The average Bonchev–Trinajstić information content (AvgIpc) is 4.10. The van der Waals surface area contributed by atoms with E-state index in [1.54, 1.807) is 24.3 Å². The number of ether oxygens (including phenoxy) is 11. The SMILES string of the molecule is CCOCCOCCOCC(=O)OCC(=O)O[C@H](CN(CC(C)C)S(=O)(=O)c1ccc2c(c1)OCO2)[C@H](Cc1ccc(OCc2csc(C)n2)cc1)NC(=O)O[C@H]1CO[C@H]2OCC[C@H]21. The number of nitrogens with zero attached hydrogens (tertiary/aromatic N) is 2. The van der Waals surface area contributed by atoms with Gasteiger partial charge in [-0.2, -0.15) is 4.31 Å². The summed E-state index contributed by atoms with van der Waals surface area (Å²) in [4.78, 5) is 44.4. The van der Waals surface area contributed by atoms with Gasteiger partial charge in [-0.05, 0) is 62.4 Å². The van der Waals surface area contributed by atoms with Gasteiger partial charge in [-0.3, -0.25) is 0 Å². The van der Waals surface area contributed by atoms with Crippen LogP contribution in [0.3, 0.4) is 0 Å². The second-order valence-electron chi connectivity index (χ2n) is 15.5. The van der Waals surface area contributed by atoms with Gasteiger partial charge < -0.3 is 57.4 Å². The van der Waals surface area contributed by atoms with Crippen molar-refractivity contribution in [3.05, 3.63) is 64.1 Å². The van der Waals surface area contributed by atoms with E-state index in [0.717, 1.165) is 10.7 Å². The Balaban J connectivity index is 1.22. The number of aryl methyl sites for hydroxylation is 1. The second kappa shape index (κ2) is 24.1. The van der Waals surface area contributed by atoms with Crippen LogP contribution in [0.4, 0.5) is 4.79 Å². The maximum Gasteiger partial charge on any atom is 0.407 e. The van der Waals surface area contributed by atoms with Crippen LogP contribution in [0.15, 0.2) is 52.7 Å². The first kappa shape index (κ1) is 48.8. The lowest BCUT2D eigenvalue weighted by Gasteiger charge is -2.33. The fourth-order valence-electron chi connectivity index (χ4n) is 7.09. The summed E-state index contributed by atoms with van der Waals surface area (Å²) in [7, 11) is -4.30. The number of carbonyl (C=O) groups excluding carboxylic acids is 3. The molecule has 3 aliphatic rings. The number of carbonyl (C=O) groups is 3. The average molecular weight is 936 g/mol. The Bertz CT molecular complexity index is 2080. The van der Waals surface area contributed by atoms with E-state index >= 15 is 0 Å². The van der Waals surface area contributed by atoms with Crippen LogP contribution in [0, 0.1) is 18.8 Å². The summed E-state index contributed by atoms with van der Waals surface area (Å²) in [5, 5.41) is 5.71. The highest BCUT2D eigenvalue weighted by Crippen LogP contribution is 2.36. The summed E-state index contributed by atoms with van der Waals surface area (Å²) in [6.07, 6.45) is -2.63. The van der Waals surface area contributed by atoms with Crippen LogP contribution in [0.25, 0.3) is 0 Å². The Labute approximate surface area is 376 Å². The molecule has 19 nitrogen and oxygen atoms in total. The number of rotatable bonds is 26. The fourth-order valence-corrected chi connectivity index (χ4v) is 9.32. The van der Waals surface area contributed by atoms with E-state index in [4.69, 9.17) is 52.1 Å². The van der Waals surface area contributed by atoms with Crippen molar-refractivity contribution in [2.45, 2.75) is 76.6 Å². The smallest absolute Gasteiger partial charge is 0.407 e. The van der Waals surface area contributed by atoms with E-state index in [-0.39, 0.29) is 68.7 Å². The van der Waals surface area contributed by atoms with Crippen molar-refractivity contribution in [1.29, 1.82) is 0 Å². The summed E-state index contributed by atoms with van der Waals surface area (Å²) in [6, 6.07) is 10.3. The van der Waals surface area contributed by atoms with E-state index in [9.17, 15) is 22.8 Å². The number of fused-ring (bicyclic) bond motifs is 2. The maximum absolute atomic E-state index is 14.5. The number of aromatic nitrogens is 1. The zero-order chi connectivity index (χ0) is 45.5. The molecule has 2 saturated heterocycles. The van der Waals surface area contributed by atoms with Crippen LogP contribution in [-0.4, -0.2) is 140 Å². The molecule has 64 heavy (non-hydrogen) atoms. The highest BCUT2D eigenvalue weighted by atomic mass is 32.2. The molecule has 5 atom stereocenters. The van der Waals surface area contributed by atoms with Crippen LogP contribution >= 0.6 is 11.3 Å². The molecule has 0 aliphatic carbocycles. The van der Waals surface area contributed by atoms with Crippen molar-refractivity contribution in [3.63, 3.8) is 0 Å². The molecule has 21 heteroatoms. The van der Waals surface area contributed by atoms with Crippen LogP contribution in [0.5, 0.6) is 17.2 Å². The molecule has 2 fully saturated rings. The number of alkyl carbamates (subject to hydrolysis) is 1. The summed E-state index contributed by atoms with van der Waals surface area (Å²) in [6.45, 7) is 8.23. The number of nitrogens with one attached hydrogen (secondary N) is 1. The Kier molecular flexibility index (Phi) is 18.4. The molecule has 4 heterocycles. The van der Waals surface area contributed by atoms with Crippen LogP contribution in [0.2, 0.25) is 0 Å². The quantitative estimate of drug-likeness (QED) is 0.0683. The van der Waals surface area contributed by atoms with Gasteiger partial charge in [0.25, 0.3) is 0 Å². The molecule has 0 radical (unpaired) electrons. The molecular formula is C43H57N3O16S2. The zero-order valence-corrected chi connectivity index (χ0v) is 38.1. The number of esters is 2. The highest BCUT2D eigenvalue weighted by molar-refractivity contribution is 7.89.